The first kappa shape index (κ1) is 15.7. The third-order valence-corrected chi connectivity index (χ3v) is 3.01. The van der Waals surface area contributed by atoms with E-state index in [1.165, 1.54) is 0 Å². The van der Waals surface area contributed by atoms with Crippen LogP contribution < -0.4 is 10.9 Å². The first-order chi connectivity index (χ1) is 9.10. The quantitative estimate of drug-likeness (QED) is 0.784. The molecule has 0 spiro atoms. The molecule has 0 radical (unpaired) electrons. The summed E-state index contributed by atoms with van der Waals surface area (Å²) in [6.45, 7) is 10.2. The van der Waals surface area contributed by atoms with Gasteiger partial charge < -0.3 is 14.6 Å². The van der Waals surface area contributed by atoms with Crippen molar-refractivity contribution in [2.45, 2.75) is 46.7 Å². The third kappa shape index (κ3) is 4.67. The monoisotopic (exact) mass is 267 g/mol. The number of aromatic nitrogens is 2. The number of hydrogen-bond donors (Lipinski definition) is 1. The first-order valence-electron chi connectivity index (χ1n) is 6.99. The molecule has 1 heterocycles. The molecule has 0 saturated heterocycles. The van der Waals surface area contributed by atoms with E-state index in [0.717, 1.165) is 6.42 Å². The number of anilines is 1. The van der Waals surface area contributed by atoms with Crippen molar-refractivity contribution < 1.29 is 4.74 Å². The van der Waals surface area contributed by atoms with E-state index in [2.05, 4.69) is 24.1 Å². The fraction of sp³-hybridized carbons (Fsp3) is 0.714. The van der Waals surface area contributed by atoms with Gasteiger partial charge in [-0.2, -0.15) is 0 Å². The van der Waals surface area contributed by atoms with E-state index in [0.29, 0.717) is 31.5 Å². The van der Waals surface area contributed by atoms with Crippen LogP contribution in [0, 0.1) is 5.92 Å². The van der Waals surface area contributed by atoms with Crippen molar-refractivity contribution in [3.63, 3.8) is 0 Å². The molecule has 19 heavy (non-hydrogen) atoms. The second-order valence-electron chi connectivity index (χ2n) is 4.93. The number of ether oxygens (including phenoxy) is 1. The lowest BCUT2D eigenvalue weighted by Gasteiger charge is -2.22. The molecule has 5 heteroatoms. The van der Waals surface area contributed by atoms with Crippen molar-refractivity contribution >= 4 is 5.82 Å². The molecule has 0 aliphatic heterocycles. The molecule has 1 unspecified atom stereocenters. The van der Waals surface area contributed by atoms with Crippen molar-refractivity contribution in [1.82, 2.24) is 9.55 Å². The Hall–Kier alpha value is -1.36. The summed E-state index contributed by atoms with van der Waals surface area (Å²) in [6.07, 6.45) is 4.32. The average Bonchev–Trinajstić information content (AvgIpc) is 2.38. The van der Waals surface area contributed by atoms with Gasteiger partial charge >= 0.3 is 0 Å². The standard InChI is InChI=1S/C14H25N3O2/c1-5-8-17-9-7-15-13(14(17)18)16-12(11(3)4)10-19-6-2/h7,9,11-12H,5-6,8,10H2,1-4H3,(H,15,16). The predicted octanol–water partition coefficient (Wildman–Crippen LogP) is 2.13. The lowest BCUT2D eigenvalue weighted by Crippen LogP contribution is -2.35. The summed E-state index contributed by atoms with van der Waals surface area (Å²) < 4.78 is 7.14. The molecular formula is C14H25N3O2. The average molecular weight is 267 g/mol. The molecule has 5 nitrogen and oxygen atoms in total. The maximum Gasteiger partial charge on any atom is 0.293 e. The van der Waals surface area contributed by atoms with E-state index in [1.807, 2.05) is 13.8 Å². The van der Waals surface area contributed by atoms with Crippen molar-refractivity contribution in [2.24, 2.45) is 5.92 Å². The number of hydrogen-bond acceptors (Lipinski definition) is 4. The molecule has 1 aromatic heterocycles. The fourth-order valence-electron chi connectivity index (χ4n) is 1.78. The van der Waals surface area contributed by atoms with Crippen LogP contribution in [0.5, 0.6) is 0 Å². The Balaban J connectivity index is 2.84. The van der Waals surface area contributed by atoms with Gasteiger partial charge in [0.15, 0.2) is 5.82 Å². The zero-order chi connectivity index (χ0) is 14.3. The zero-order valence-electron chi connectivity index (χ0n) is 12.3. The van der Waals surface area contributed by atoms with Gasteiger partial charge in [-0.3, -0.25) is 4.79 Å². The first-order valence-corrected chi connectivity index (χ1v) is 6.99. The van der Waals surface area contributed by atoms with Crippen LogP contribution in [0.2, 0.25) is 0 Å². The SMILES string of the molecule is CCCn1ccnc(NC(COCC)C(C)C)c1=O. The molecule has 108 valence electrons. The molecule has 0 bridgehead atoms. The van der Waals surface area contributed by atoms with Crippen LogP contribution in [0.3, 0.4) is 0 Å². The Bertz CT molecular complexity index is 429. The second-order valence-corrected chi connectivity index (χ2v) is 4.93. The van der Waals surface area contributed by atoms with Gasteiger partial charge in [-0.05, 0) is 19.3 Å². The predicted molar refractivity (Wildman–Crippen MR) is 77.5 cm³/mol. The Labute approximate surface area is 115 Å². The topological polar surface area (TPSA) is 56.1 Å². The highest BCUT2D eigenvalue weighted by atomic mass is 16.5. The second kappa shape index (κ2) is 7.94. The fourth-order valence-corrected chi connectivity index (χ4v) is 1.78. The Morgan fingerprint density at radius 1 is 1.42 bits per heavy atom. The van der Waals surface area contributed by atoms with Gasteiger partial charge in [-0.15, -0.1) is 0 Å². The molecule has 1 atom stereocenters. The molecule has 0 saturated carbocycles. The van der Waals surface area contributed by atoms with Gasteiger partial charge in [0.1, 0.15) is 0 Å². The van der Waals surface area contributed by atoms with E-state index in [4.69, 9.17) is 4.74 Å². The van der Waals surface area contributed by atoms with Crippen molar-refractivity contribution in [1.29, 1.82) is 0 Å². The number of aryl methyl sites for hydroxylation is 1. The summed E-state index contributed by atoms with van der Waals surface area (Å²) in [5, 5.41) is 3.21. The molecule has 0 amide bonds. The Morgan fingerprint density at radius 3 is 2.74 bits per heavy atom. The number of nitrogens with zero attached hydrogens (tertiary/aromatic N) is 2. The molecule has 1 aromatic rings. The van der Waals surface area contributed by atoms with Crippen LogP contribution in [0.1, 0.15) is 34.1 Å². The third-order valence-electron chi connectivity index (χ3n) is 3.01. The highest BCUT2D eigenvalue weighted by molar-refractivity contribution is 5.32. The molecule has 1 N–H and O–H groups in total. The Morgan fingerprint density at radius 2 is 2.16 bits per heavy atom. The lowest BCUT2D eigenvalue weighted by atomic mass is 10.1. The van der Waals surface area contributed by atoms with Gasteiger partial charge in [-0.25, -0.2) is 4.98 Å². The lowest BCUT2D eigenvalue weighted by molar-refractivity contribution is 0.126. The van der Waals surface area contributed by atoms with Crippen LogP contribution >= 0.6 is 0 Å². The molecular weight excluding hydrogens is 242 g/mol. The molecule has 0 fully saturated rings. The van der Waals surface area contributed by atoms with E-state index < -0.39 is 0 Å². The van der Waals surface area contributed by atoms with Gasteiger partial charge in [-0.1, -0.05) is 20.8 Å². The normalized spacial score (nSPS) is 12.7. The van der Waals surface area contributed by atoms with Gasteiger partial charge in [0, 0.05) is 25.5 Å². The van der Waals surface area contributed by atoms with Crippen LogP contribution in [0.4, 0.5) is 5.82 Å². The Kier molecular flexibility index (Phi) is 6.56. The van der Waals surface area contributed by atoms with Gasteiger partial charge in [0.2, 0.25) is 0 Å². The minimum Gasteiger partial charge on any atom is -0.380 e. The molecule has 0 aliphatic rings. The number of rotatable bonds is 8. The molecule has 1 rings (SSSR count). The van der Waals surface area contributed by atoms with Crippen molar-refractivity contribution in [2.75, 3.05) is 18.5 Å². The summed E-state index contributed by atoms with van der Waals surface area (Å²) >= 11 is 0. The smallest absolute Gasteiger partial charge is 0.293 e. The number of nitrogens with one attached hydrogen (secondary N) is 1. The van der Waals surface area contributed by atoms with Crippen LogP contribution in [-0.2, 0) is 11.3 Å². The van der Waals surface area contributed by atoms with Gasteiger partial charge in [0.25, 0.3) is 5.56 Å². The minimum absolute atomic E-state index is 0.0634. The van der Waals surface area contributed by atoms with Crippen molar-refractivity contribution in [3.8, 4) is 0 Å². The van der Waals surface area contributed by atoms with Crippen LogP contribution in [-0.4, -0.2) is 28.8 Å². The zero-order valence-corrected chi connectivity index (χ0v) is 12.3. The molecule has 0 aromatic carbocycles. The minimum atomic E-state index is -0.0634. The summed E-state index contributed by atoms with van der Waals surface area (Å²) in [6, 6.07) is 0.0950. The van der Waals surface area contributed by atoms with E-state index in [1.54, 1.807) is 17.0 Å². The van der Waals surface area contributed by atoms with E-state index >= 15 is 0 Å². The van der Waals surface area contributed by atoms with Crippen LogP contribution in [0.25, 0.3) is 0 Å². The maximum absolute atomic E-state index is 12.2. The van der Waals surface area contributed by atoms with E-state index in [9.17, 15) is 4.79 Å². The highest BCUT2D eigenvalue weighted by Gasteiger charge is 2.16. The van der Waals surface area contributed by atoms with Crippen LogP contribution in [0.15, 0.2) is 17.2 Å². The summed E-state index contributed by atoms with van der Waals surface area (Å²) in [5.41, 5.74) is -0.0634. The summed E-state index contributed by atoms with van der Waals surface area (Å²) in [5.74, 6) is 0.780. The largest absolute Gasteiger partial charge is 0.380 e. The highest BCUT2D eigenvalue weighted by Crippen LogP contribution is 2.08. The molecule has 0 aliphatic carbocycles. The van der Waals surface area contributed by atoms with E-state index in [-0.39, 0.29) is 11.6 Å². The van der Waals surface area contributed by atoms with Crippen molar-refractivity contribution in [3.05, 3.63) is 22.7 Å². The summed E-state index contributed by atoms with van der Waals surface area (Å²) in [4.78, 5) is 16.3. The van der Waals surface area contributed by atoms with Gasteiger partial charge in [0.05, 0.1) is 12.6 Å². The maximum atomic E-state index is 12.2. The summed E-state index contributed by atoms with van der Waals surface area (Å²) in [7, 11) is 0.